The van der Waals surface area contributed by atoms with E-state index in [1.807, 2.05) is 24.3 Å². The van der Waals surface area contributed by atoms with Crippen LogP contribution in [0.2, 0.25) is 0 Å². The smallest absolute Gasteiger partial charge is 0.345 e. The number of nitrogens with zero attached hydrogens (tertiary/aromatic N) is 1. The lowest BCUT2D eigenvalue weighted by Crippen LogP contribution is -2.43. The first-order valence-corrected chi connectivity index (χ1v) is 15.0. The Balaban J connectivity index is 1.54. The molecule has 3 rings (SSSR count). The molecule has 0 aliphatic carbocycles. The highest BCUT2D eigenvalue weighted by Gasteiger charge is 2.22. The Bertz CT molecular complexity index is 1280. The molecule has 0 unspecified atom stereocenters. The molecule has 218 valence electrons. The molecule has 12 heteroatoms. The van der Waals surface area contributed by atoms with Crippen LogP contribution in [0.25, 0.3) is 6.08 Å². The van der Waals surface area contributed by atoms with Gasteiger partial charge in [0, 0.05) is 31.4 Å². The predicted octanol–water partition coefficient (Wildman–Crippen LogP) is 2.57. The van der Waals surface area contributed by atoms with Crippen molar-refractivity contribution in [2.45, 2.75) is 38.8 Å². The van der Waals surface area contributed by atoms with E-state index in [0.29, 0.717) is 11.1 Å². The molecule has 1 aliphatic heterocycles. The normalized spacial score (nSPS) is 14.8. The maximum absolute atomic E-state index is 12.2. The average molecular weight is 576 g/mol. The van der Waals surface area contributed by atoms with Crippen molar-refractivity contribution in [2.24, 2.45) is 0 Å². The van der Waals surface area contributed by atoms with Crippen LogP contribution >= 0.6 is 0 Å². The summed E-state index contributed by atoms with van der Waals surface area (Å²) in [5, 5.41) is 23.9. The first-order chi connectivity index (χ1) is 19.0. The quantitative estimate of drug-likeness (QED) is 0.0976. The van der Waals surface area contributed by atoms with Gasteiger partial charge in [-0.15, -0.1) is 0 Å². The Kier molecular flexibility index (Phi) is 10.9. The summed E-state index contributed by atoms with van der Waals surface area (Å²) in [5.74, 6) is -1.66. The number of aliphatic hydroxyl groups excluding tert-OH is 1. The zero-order valence-electron chi connectivity index (χ0n) is 22.9. The van der Waals surface area contributed by atoms with Crippen molar-refractivity contribution in [1.29, 1.82) is 0 Å². The van der Waals surface area contributed by atoms with Gasteiger partial charge in [0.05, 0.1) is 31.3 Å². The number of aliphatic hydroxyl groups is 1. The maximum atomic E-state index is 12.2. The fraction of sp³-hybridized carbons (Fsp3) is 0.429. The highest BCUT2D eigenvalue weighted by molar-refractivity contribution is 7.92. The summed E-state index contributed by atoms with van der Waals surface area (Å²) in [6.45, 7) is 5.50. The van der Waals surface area contributed by atoms with Crippen LogP contribution in [0.5, 0.6) is 5.75 Å². The Hall–Kier alpha value is -3.61. The molecule has 0 saturated carbocycles. The minimum absolute atomic E-state index is 0.0203. The molecule has 4 N–H and O–H groups in total. The first kappa shape index (κ1) is 30.9. The summed E-state index contributed by atoms with van der Waals surface area (Å²) < 4.78 is 35.2. The number of phenols is 1. The molecule has 40 heavy (non-hydrogen) atoms. The second-order valence-electron chi connectivity index (χ2n) is 9.43. The number of sulfonamides is 1. The fourth-order valence-electron chi connectivity index (χ4n) is 4.35. The summed E-state index contributed by atoms with van der Waals surface area (Å²) in [6, 6.07) is 12.0. The van der Waals surface area contributed by atoms with Crippen molar-refractivity contribution in [2.75, 3.05) is 48.7 Å². The van der Waals surface area contributed by atoms with Gasteiger partial charge in [-0.1, -0.05) is 18.2 Å². The van der Waals surface area contributed by atoms with E-state index in [-0.39, 0.29) is 42.8 Å². The van der Waals surface area contributed by atoms with E-state index in [2.05, 4.69) is 14.9 Å². The molecular weight excluding hydrogens is 538 g/mol. The second-order valence-corrected chi connectivity index (χ2v) is 11.2. The largest absolute Gasteiger partial charge is 0.506 e. The Morgan fingerprint density at radius 2 is 1.65 bits per heavy atom. The minimum atomic E-state index is -3.57. The average Bonchev–Trinajstić information content (AvgIpc) is 2.91. The molecule has 1 atom stereocenters. The van der Waals surface area contributed by atoms with Crippen LogP contribution in [0, 0.1) is 0 Å². The van der Waals surface area contributed by atoms with Gasteiger partial charge >= 0.3 is 11.9 Å². The van der Waals surface area contributed by atoms with Gasteiger partial charge < -0.3 is 29.9 Å². The minimum Gasteiger partial charge on any atom is -0.506 e. The molecule has 2 aromatic carbocycles. The molecule has 11 nitrogen and oxygen atoms in total. The van der Waals surface area contributed by atoms with Crippen molar-refractivity contribution in [1.82, 2.24) is 5.32 Å². The van der Waals surface area contributed by atoms with E-state index in [4.69, 9.17) is 9.47 Å². The van der Waals surface area contributed by atoms with Gasteiger partial charge in [0.15, 0.2) is 0 Å². The lowest BCUT2D eigenvalue weighted by Gasteiger charge is -2.34. The SMILES string of the molecule is CCOC(=O)C(=Cc1ccc(N2CCC(NC[C@@H](O)c3ccc(O)c(NS(C)(=O)=O)c3)CC2)cc1)C(=O)OCC. The number of hydrogen-bond donors (Lipinski definition) is 4. The summed E-state index contributed by atoms with van der Waals surface area (Å²) in [4.78, 5) is 26.7. The van der Waals surface area contributed by atoms with Gasteiger partial charge in [0.25, 0.3) is 0 Å². The van der Waals surface area contributed by atoms with Gasteiger partial charge in [0.2, 0.25) is 10.0 Å². The second kappa shape index (κ2) is 14.1. The fourth-order valence-corrected chi connectivity index (χ4v) is 4.91. The molecule has 0 spiro atoms. The van der Waals surface area contributed by atoms with Gasteiger partial charge in [-0.3, -0.25) is 4.72 Å². The third-order valence-electron chi connectivity index (χ3n) is 6.36. The topological polar surface area (TPSA) is 154 Å². The molecule has 1 aliphatic rings. The number of benzene rings is 2. The molecule has 0 aromatic heterocycles. The van der Waals surface area contributed by atoms with Crippen LogP contribution < -0.4 is 14.9 Å². The van der Waals surface area contributed by atoms with Crippen LogP contribution in [-0.2, 0) is 29.1 Å². The van der Waals surface area contributed by atoms with E-state index in [1.54, 1.807) is 19.9 Å². The van der Waals surface area contributed by atoms with E-state index in [1.165, 1.54) is 18.2 Å². The number of aromatic hydroxyl groups is 1. The van der Waals surface area contributed by atoms with Crippen molar-refractivity contribution in [3.05, 3.63) is 59.2 Å². The van der Waals surface area contributed by atoms with Crippen LogP contribution in [0.15, 0.2) is 48.0 Å². The van der Waals surface area contributed by atoms with Gasteiger partial charge in [0.1, 0.15) is 11.3 Å². The number of carbonyl (C=O) groups is 2. The van der Waals surface area contributed by atoms with Gasteiger partial charge in [-0.2, -0.15) is 0 Å². The van der Waals surface area contributed by atoms with Gasteiger partial charge in [-0.25, -0.2) is 18.0 Å². The number of esters is 2. The number of nitrogens with one attached hydrogen (secondary N) is 2. The van der Waals surface area contributed by atoms with Crippen LogP contribution in [0.4, 0.5) is 11.4 Å². The molecule has 0 radical (unpaired) electrons. The molecule has 1 fully saturated rings. The van der Waals surface area contributed by atoms with E-state index < -0.39 is 28.1 Å². The summed E-state index contributed by atoms with van der Waals surface area (Å²) in [5.41, 5.74) is 2.04. The van der Waals surface area contributed by atoms with E-state index in [9.17, 15) is 28.2 Å². The lowest BCUT2D eigenvalue weighted by atomic mass is 10.0. The monoisotopic (exact) mass is 575 g/mol. The maximum Gasteiger partial charge on any atom is 0.345 e. The van der Waals surface area contributed by atoms with Crippen LogP contribution in [0.3, 0.4) is 0 Å². The summed E-state index contributed by atoms with van der Waals surface area (Å²) in [7, 11) is -3.57. The zero-order valence-corrected chi connectivity index (χ0v) is 23.7. The summed E-state index contributed by atoms with van der Waals surface area (Å²) in [6.07, 6.45) is 3.27. The van der Waals surface area contributed by atoms with Crippen molar-refractivity contribution < 1.29 is 37.7 Å². The van der Waals surface area contributed by atoms with Gasteiger partial charge in [-0.05, 0) is 68.2 Å². The standard InChI is InChI=1S/C28H37N3O8S/c1-4-38-27(34)23(28(35)39-5-2)16-19-6-9-22(10-7-19)31-14-12-21(13-15-31)29-18-26(33)20-8-11-25(32)24(17-20)30-40(3,36)37/h6-11,16-17,21,26,29-30,32-33H,4-5,12-15,18H2,1-3H3/t26-/m1/s1. The first-order valence-electron chi connectivity index (χ1n) is 13.1. The summed E-state index contributed by atoms with van der Waals surface area (Å²) >= 11 is 0. The Morgan fingerprint density at radius 3 is 2.20 bits per heavy atom. The van der Waals surface area contributed by atoms with E-state index >= 15 is 0 Å². The van der Waals surface area contributed by atoms with Crippen molar-refractivity contribution >= 4 is 39.4 Å². The number of rotatable bonds is 12. The van der Waals surface area contributed by atoms with Crippen LogP contribution in [0.1, 0.15) is 43.9 Å². The third-order valence-corrected chi connectivity index (χ3v) is 6.95. The van der Waals surface area contributed by atoms with Crippen molar-refractivity contribution in [3.8, 4) is 5.75 Å². The molecule has 1 heterocycles. The molecular formula is C28H37N3O8S. The number of anilines is 2. The third kappa shape index (κ3) is 8.97. The van der Waals surface area contributed by atoms with Crippen LogP contribution in [-0.4, -0.2) is 75.7 Å². The molecule has 1 saturated heterocycles. The molecule has 0 amide bonds. The number of hydrogen-bond acceptors (Lipinski definition) is 10. The number of phenolic OH excluding ortho intramolecular Hbond substituents is 1. The Labute approximate surface area is 234 Å². The van der Waals surface area contributed by atoms with Crippen molar-refractivity contribution in [3.63, 3.8) is 0 Å². The lowest BCUT2D eigenvalue weighted by molar-refractivity contribution is -0.146. The Morgan fingerprint density at radius 1 is 1.05 bits per heavy atom. The number of carbonyl (C=O) groups excluding carboxylic acids is 2. The molecule has 2 aromatic rings. The van der Waals surface area contributed by atoms with E-state index in [0.717, 1.165) is 37.9 Å². The predicted molar refractivity (Wildman–Crippen MR) is 152 cm³/mol. The zero-order chi connectivity index (χ0) is 29.3. The number of ether oxygens (including phenoxy) is 2. The molecule has 0 bridgehead atoms. The number of piperidine rings is 1. The highest BCUT2D eigenvalue weighted by Crippen LogP contribution is 2.28. The highest BCUT2D eigenvalue weighted by atomic mass is 32.2.